The molecule has 6 heteroatoms. The molecule has 0 radical (unpaired) electrons. The van der Waals surface area contributed by atoms with Gasteiger partial charge < -0.3 is 9.64 Å². The van der Waals surface area contributed by atoms with Crippen LogP contribution in [0.4, 0.5) is 0 Å². The molecule has 2 fully saturated rings. The maximum atomic E-state index is 13.0. The van der Waals surface area contributed by atoms with Crippen LogP contribution in [0.15, 0.2) is 30.6 Å². The minimum Gasteiger partial charge on any atom is -0.374 e. The summed E-state index contributed by atoms with van der Waals surface area (Å²) in [6.07, 6.45) is 6.15. The van der Waals surface area contributed by atoms with Crippen LogP contribution in [0.1, 0.15) is 36.0 Å². The van der Waals surface area contributed by atoms with Crippen molar-refractivity contribution >= 4 is 5.91 Å². The third-order valence-corrected chi connectivity index (χ3v) is 4.79. The van der Waals surface area contributed by atoms with E-state index in [1.54, 1.807) is 0 Å². The minimum atomic E-state index is 0.0894. The van der Waals surface area contributed by atoms with Gasteiger partial charge in [-0.2, -0.15) is 5.10 Å². The molecule has 0 bridgehead atoms. The number of rotatable bonds is 2. The molecule has 2 aliphatic rings. The molecule has 23 heavy (non-hydrogen) atoms. The zero-order valence-electron chi connectivity index (χ0n) is 12.9. The Labute approximate surface area is 134 Å². The van der Waals surface area contributed by atoms with Gasteiger partial charge in [-0.3, -0.25) is 9.89 Å². The number of aromatic amines is 1. The van der Waals surface area contributed by atoms with Gasteiger partial charge in [0.05, 0.1) is 18.8 Å². The normalized spacial score (nSPS) is 24.3. The monoisotopic (exact) mass is 312 g/mol. The highest BCUT2D eigenvalue weighted by molar-refractivity contribution is 5.95. The summed E-state index contributed by atoms with van der Waals surface area (Å²) in [5.74, 6) is 0.767. The number of amides is 1. The Bertz CT molecular complexity index is 684. The second kappa shape index (κ2) is 6.12. The highest BCUT2D eigenvalue weighted by Gasteiger charge is 2.36. The van der Waals surface area contributed by atoms with Crippen LogP contribution in [-0.2, 0) is 4.74 Å². The van der Waals surface area contributed by atoms with E-state index in [1.807, 2.05) is 29.2 Å². The molecular weight excluding hydrogens is 292 g/mol. The highest BCUT2D eigenvalue weighted by Crippen LogP contribution is 2.29. The van der Waals surface area contributed by atoms with Crippen LogP contribution < -0.4 is 0 Å². The molecule has 0 spiro atoms. The Morgan fingerprint density at radius 3 is 3.09 bits per heavy atom. The van der Waals surface area contributed by atoms with Gasteiger partial charge in [0.25, 0.3) is 5.91 Å². The Balaban J connectivity index is 1.60. The number of aromatic nitrogens is 3. The summed E-state index contributed by atoms with van der Waals surface area (Å²) < 4.78 is 5.86. The van der Waals surface area contributed by atoms with Gasteiger partial charge in [-0.05, 0) is 25.0 Å². The third-order valence-electron chi connectivity index (χ3n) is 4.79. The van der Waals surface area contributed by atoms with Gasteiger partial charge >= 0.3 is 0 Å². The van der Waals surface area contributed by atoms with Crippen LogP contribution in [0, 0.1) is 0 Å². The van der Waals surface area contributed by atoms with Crippen molar-refractivity contribution in [1.82, 2.24) is 20.1 Å². The van der Waals surface area contributed by atoms with Crippen molar-refractivity contribution in [2.24, 2.45) is 0 Å². The number of benzene rings is 1. The van der Waals surface area contributed by atoms with Crippen molar-refractivity contribution in [3.8, 4) is 11.4 Å². The van der Waals surface area contributed by atoms with Gasteiger partial charge in [0, 0.05) is 17.7 Å². The molecule has 1 aromatic heterocycles. The van der Waals surface area contributed by atoms with Gasteiger partial charge in [0.15, 0.2) is 5.82 Å². The lowest BCUT2D eigenvalue weighted by atomic mass is 9.89. The third kappa shape index (κ3) is 2.74. The molecule has 2 aromatic rings. The molecule has 1 saturated heterocycles. The molecule has 120 valence electrons. The molecular formula is C17H20N4O2. The number of nitrogens with zero attached hydrogens (tertiary/aromatic N) is 3. The van der Waals surface area contributed by atoms with E-state index in [2.05, 4.69) is 15.2 Å². The summed E-state index contributed by atoms with van der Waals surface area (Å²) in [4.78, 5) is 19.2. The lowest BCUT2D eigenvalue weighted by Gasteiger charge is -2.43. The lowest BCUT2D eigenvalue weighted by molar-refractivity contribution is -0.0752. The SMILES string of the molecule is O=C(c1cccc(-c2ncn[nH]2)c1)N1CCO[C@@H]2CCCC[C@H]21. The fourth-order valence-corrected chi connectivity index (χ4v) is 3.66. The van der Waals surface area contributed by atoms with E-state index in [9.17, 15) is 4.79 Å². The maximum absolute atomic E-state index is 13.0. The van der Waals surface area contributed by atoms with E-state index in [-0.39, 0.29) is 18.1 Å². The largest absolute Gasteiger partial charge is 0.374 e. The summed E-state index contributed by atoms with van der Waals surface area (Å²) in [5.41, 5.74) is 1.58. The minimum absolute atomic E-state index is 0.0894. The van der Waals surface area contributed by atoms with E-state index in [4.69, 9.17) is 4.74 Å². The van der Waals surface area contributed by atoms with Crippen LogP contribution >= 0.6 is 0 Å². The number of hydrogen-bond acceptors (Lipinski definition) is 4. The molecule has 1 aliphatic heterocycles. The molecule has 6 nitrogen and oxygen atoms in total. The van der Waals surface area contributed by atoms with Crippen LogP contribution in [-0.4, -0.2) is 51.3 Å². The molecule has 1 amide bonds. The maximum Gasteiger partial charge on any atom is 0.254 e. The van der Waals surface area contributed by atoms with Crippen molar-refractivity contribution in [2.75, 3.05) is 13.2 Å². The molecule has 1 N–H and O–H groups in total. The first-order chi connectivity index (χ1) is 11.3. The predicted octanol–water partition coefficient (Wildman–Crippen LogP) is 2.26. The standard InChI is InChI=1S/C17H20N4O2/c22-17(21-8-9-23-15-7-2-1-6-14(15)21)13-5-3-4-12(10-13)16-18-11-19-20-16/h3-5,10-11,14-15H,1-2,6-9H2,(H,18,19,20)/t14-,15-/m1/s1. The molecule has 4 rings (SSSR count). The number of morpholine rings is 1. The lowest BCUT2D eigenvalue weighted by Crippen LogP contribution is -2.54. The first kappa shape index (κ1) is 14.4. The van der Waals surface area contributed by atoms with Crippen molar-refractivity contribution < 1.29 is 9.53 Å². The number of fused-ring (bicyclic) bond motifs is 1. The first-order valence-corrected chi connectivity index (χ1v) is 8.21. The van der Waals surface area contributed by atoms with E-state index >= 15 is 0 Å². The Hall–Kier alpha value is -2.21. The van der Waals surface area contributed by atoms with Gasteiger partial charge in [-0.1, -0.05) is 25.0 Å². The second-order valence-corrected chi connectivity index (χ2v) is 6.17. The molecule has 2 atom stereocenters. The number of hydrogen-bond donors (Lipinski definition) is 1. The number of carbonyl (C=O) groups excluding carboxylic acids is 1. The van der Waals surface area contributed by atoms with E-state index in [0.717, 1.165) is 18.4 Å². The molecule has 2 heterocycles. The first-order valence-electron chi connectivity index (χ1n) is 8.21. The van der Waals surface area contributed by atoms with Crippen LogP contribution in [0.25, 0.3) is 11.4 Å². The van der Waals surface area contributed by atoms with E-state index in [0.29, 0.717) is 24.5 Å². The van der Waals surface area contributed by atoms with Crippen molar-refractivity contribution in [2.45, 2.75) is 37.8 Å². The predicted molar refractivity (Wildman–Crippen MR) is 84.9 cm³/mol. The Kier molecular flexibility index (Phi) is 3.83. The summed E-state index contributed by atoms with van der Waals surface area (Å²) in [6, 6.07) is 7.80. The summed E-state index contributed by atoms with van der Waals surface area (Å²) in [7, 11) is 0. The van der Waals surface area contributed by atoms with Crippen molar-refractivity contribution in [1.29, 1.82) is 0 Å². The van der Waals surface area contributed by atoms with Crippen LogP contribution in [0.2, 0.25) is 0 Å². The van der Waals surface area contributed by atoms with Crippen molar-refractivity contribution in [3.63, 3.8) is 0 Å². The number of H-pyrrole nitrogens is 1. The van der Waals surface area contributed by atoms with Gasteiger partial charge in [-0.15, -0.1) is 0 Å². The van der Waals surface area contributed by atoms with Crippen LogP contribution in [0.3, 0.4) is 0 Å². The Morgan fingerprint density at radius 2 is 2.22 bits per heavy atom. The fraction of sp³-hybridized carbons (Fsp3) is 0.471. The zero-order valence-corrected chi connectivity index (χ0v) is 12.9. The smallest absolute Gasteiger partial charge is 0.254 e. The molecule has 0 unspecified atom stereocenters. The second-order valence-electron chi connectivity index (χ2n) is 6.17. The molecule has 1 saturated carbocycles. The Morgan fingerprint density at radius 1 is 1.30 bits per heavy atom. The van der Waals surface area contributed by atoms with Gasteiger partial charge in [0.1, 0.15) is 6.33 Å². The number of ether oxygens (including phenoxy) is 1. The average molecular weight is 312 g/mol. The molecule has 1 aliphatic carbocycles. The number of nitrogens with one attached hydrogen (secondary N) is 1. The van der Waals surface area contributed by atoms with Gasteiger partial charge in [0.2, 0.25) is 0 Å². The topological polar surface area (TPSA) is 71.1 Å². The number of carbonyl (C=O) groups is 1. The molecule has 1 aromatic carbocycles. The van der Waals surface area contributed by atoms with Gasteiger partial charge in [-0.25, -0.2) is 4.98 Å². The van der Waals surface area contributed by atoms with E-state index < -0.39 is 0 Å². The fourth-order valence-electron chi connectivity index (χ4n) is 3.66. The summed E-state index contributed by atoms with van der Waals surface area (Å²) in [5, 5.41) is 6.71. The zero-order chi connectivity index (χ0) is 15.6. The summed E-state index contributed by atoms with van der Waals surface area (Å²) in [6.45, 7) is 1.31. The van der Waals surface area contributed by atoms with E-state index in [1.165, 1.54) is 19.2 Å². The average Bonchev–Trinajstić information content (AvgIpc) is 3.15. The van der Waals surface area contributed by atoms with Crippen molar-refractivity contribution in [3.05, 3.63) is 36.2 Å². The quantitative estimate of drug-likeness (QED) is 0.923. The van der Waals surface area contributed by atoms with Crippen LogP contribution in [0.5, 0.6) is 0 Å². The summed E-state index contributed by atoms with van der Waals surface area (Å²) >= 11 is 0. The highest BCUT2D eigenvalue weighted by atomic mass is 16.5.